The van der Waals surface area contributed by atoms with E-state index in [1.165, 1.54) is 10.9 Å². The number of nitrogens with zero attached hydrogens (tertiary/aromatic N) is 3. The molecule has 2 aromatic heterocycles. The van der Waals surface area contributed by atoms with Crippen LogP contribution in [0.5, 0.6) is 11.5 Å². The maximum atomic E-state index is 16.0. The molecule has 12 nitrogen and oxygen atoms in total. The van der Waals surface area contributed by atoms with Gasteiger partial charge in [0.15, 0.2) is 23.6 Å². The molecule has 3 aromatic carbocycles. The number of amides is 1. The minimum Gasteiger partial charge on any atom is -0.497 e. The van der Waals surface area contributed by atoms with E-state index in [4.69, 9.17) is 18.9 Å². The van der Waals surface area contributed by atoms with Gasteiger partial charge in [-0.2, -0.15) is 4.98 Å². The van der Waals surface area contributed by atoms with Gasteiger partial charge in [-0.15, -0.1) is 0 Å². The topological polar surface area (TPSA) is 150 Å². The molecule has 3 N–H and O–H groups in total. The van der Waals surface area contributed by atoms with Crippen molar-refractivity contribution in [1.82, 2.24) is 19.5 Å². The molecule has 0 bridgehead atoms. The van der Waals surface area contributed by atoms with Gasteiger partial charge in [0.25, 0.3) is 5.56 Å². The van der Waals surface area contributed by atoms with Crippen molar-refractivity contribution in [3.05, 3.63) is 112 Å². The van der Waals surface area contributed by atoms with Crippen LogP contribution in [0.25, 0.3) is 11.2 Å². The van der Waals surface area contributed by atoms with Gasteiger partial charge in [-0.25, -0.2) is 9.37 Å². The second-order valence-corrected chi connectivity index (χ2v) is 11.7. The summed E-state index contributed by atoms with van der Waals surface area (Å²) in [5, 5.41) is 13.6. The van der Waals surface area contributed by atoms with Crippen molar-refractivity contribution in [3.8, 4) is 11.5 Å². The number of aromatic amines is 1. The summed E-state index contributed by atoms with van der Waals surface area (Å²) >= 11 is 0. The molecule has 1 amide bonds. The molecule has 5 aromatic rings. The van der Waals surface area contributed by atoms with E-state index < -0.39 is 35.8 Å². The van der Waals surface area contributed by atoms with Crippen molar-refractivity contribution in [2.24, 2.45) is 5.92 Å². The first-order chi connectivity index (χ1) is 23.2. The molecule has 48 heavy (non-hydrogen) atoms. The molecule has 0 aliphatic carbocycles. The van der Waals surface area contributed by atoms with E-state index in [0.29, 0.717) is 11.5 Å². The fourth-order valence-corrected chi connectivity index (χ4v) is 5.79. The third kappa shape index (κ3) is 6.03. The van der Waals surface area contributed by atoms with E-state index in [1.54, 1.807) is 28.1 Å². The number of aromatic nitrogens is 4. The van der Waals surface area contributed by atoms with Gasteiger partial charge in [0, 0.05) is 5.92 Å². The monoisotopic (exact) mass is 657 g/mol. The number of rotatable bonds is 11. The highest BCUT2D eigenvalue weighted by molar-refractivity contribution is 5.91. The summed E-state index contributed by atoms with van der Waals surface area (Å²) in [6.07, 6.45) is -4.82. The highest BCUT2D eigenvalue weighted by atomic mass is 19.1. The molecule has 13 heteroatoms. The first-order valence-corrected chi connectivity index (χ1v) is 15.4. The predicted octanol–water partition coefficient (Wildman–Crippen LogP) is 4.34. The summed E-state index contributed by atoms with van der Waals surface area (Å²) in [6.45, 7) is 3.11. The van der Waals surface area contributed by atoms with Crippen molar-refractivity contribution in [2.45, 2.75) is 44.1 Å². The fraction of sp³-hybridized carbons (Fsp3) is 0.314. The van der Waals surface area contributed by atoms with Crippen LogP contribution >= 0.6 is 0 Å². The number of H-pyrrole nitrogens is 1. The van der Waals surface area contributed by atoms with Gasteiger partial charge in [-0.3, -0.25) is 24.5 Å². The molecule has 3 heterocycles. The first kappa shape index (κ1) is 32.8. The Kier molecular flexibility index (Phi) is 9.27. The third-order valence-electron chi connectivity index (χ3n) is 8.40. The Labute approximate surface area is 275 Å². The van der Waals surface area contributed by atoms with Crippen LogP contribution in [0, 0.1) is 5.92 Å². The van der Waals surface area contributed by atoms with E-state index >= 15 is 4.39 Å². The standard InChI is InChI=1S/C35H36FN5O7/c1-20(2)31(43)39-34-38-30-28(32(44)40-34)37-19-41(30)33-29(42)27(36)26(48-33)18-47-35(21-8-6-5-7-9-21,22-10-14-24(45-3)15-11-22)23-12-16-25(46-4)17-13-23/h5-17,19-20,26-27,29,33,42H,18H2,1-4H3,(H2,38,39,40,43,44)/t26-,27?,29+,33-/m1/s1. The van der Waals surface area contributed by atoms with E-state index in [0.717, 1.165) is 16.7 Å². The number of anilines is 1. The molecule has 0 radical (unpaired) electrons. The van der Waals surface area contributed by atoms with Crippen molar-refractivity contribution in [2.75, 3.05) is 26.1 Å². The number of benzene rings is 3. The predicted molar refractivity (Wildman–Crippen MR) is 175 cm³/mol. The van der Waals surface area contributed by atoms with Crippen LogP contribution in [0.4, 0.5) is 10.3 Å². The van der Waals surface area contributed by atoms with Crippen molar-refractivity contribution >= 4 is 23.0 Å². The largest absolute Gasteiger partial charge is 0.497 e. The summed E-state index contributed by atoms with van der Waals surface area (Å²) in [5.74, 6) is 0.455. The van der Waals surface area contributed by atoms with Crippen LogP contribution in [0.3, 0.4) is 0 Å². The Hall–Kier alpha value is -5.11. The number of nitrogens with one attached hydrogen (secondary N) is 2. The Morgan fingerprint density at radius 2 is 1.58 bits per heavy atom. The molecule has 1 aliphatic heterocycles. The Morgan fingerprint density at radius 1 is 1.00 bits per heavy atom. The quantitative estimate of drug-likeness (QED) is 0.176. The lowest BCUT2D eigenvalue weighted by Gasteiger charge is -2.37. The number of aliphatic hydroxyl groups excluding tert-OH is 1. The molecule has 0 spiro atoms. The van der Waals surface area contributed by atoms with Crippen LogP contribution < -0.4 is 20.3 Å². The van der Waals surface area contributed by atoms with Crippen LogP contribution in [0.2, 0.25) is 0 Å². The SMILES string of the molecule is COc1ccc(C(OC[C@H]2O[C@@H](n3cnc4c(=O)[nH]c(NC(=O)C(C)C)nc43)[C@@H](O)C2F)(c2ccccc2)c2ccc(OC)cc2)cc1. The van der Waals surface area contributed by atoms with Crippen LogP contribution in [-0.4, -0.2) is 69.7 Å². The highest BCUT2D eigenvalue weighted by Crippen LogP contribution is 2.43. The molecule has 6 rings (SSSR count). The Morgan fingerprint density at radius 3 is 2.15 bits per heavy atom. The molecule has 1 fully saturated rings. The molecule has 1 unspecified atom stereocenters. The van der Waals surface area contributed by atoms with E-state index in [9.17, 15) is 14.7 Å². The summed E-state index contributed by atoms with van der Waals surface area (Å²) in [4.78, 5) is 35.9. The second-order valence-electron chi connectivity index (χ2n) is 11.7. The van der Waals surface area contributed by atoms with Crippen molar-refractivity contribution in [1.29, 1.82) is 0 Å². The molecule has 4 atom stereocenters. The lowest BCUT2D eigenvalue weighted by Crippen LogP contribution is -2.38. The number of aliphatic hydroxyl groups is 1. The zero-order valence-electron chi connectivity index (χ0n) is 26.8. The van der Waals surface area contributed by atoms with Gasteiger partial charge in [0.1, 0.15) is 29.3 Å². The lowest BCUT2D eigenvalue weighted by atomic mass is 9.80. The molecular formula is C35H36FN5O7. The Balaban J connectivity index is 1.36. The molecule has 0 saturated carbocycles. The van der Waals surface area contributed by atoms with Crippen molar-refractivity contribution < 1.29 is 33.2 Å². The minimum absolute atomic E-state index is 0.00530. The van der Waals surface area contributed by atoms with Crippen LogP contribution in [-0.2, 0) is 19.9 Å². The highest BCUT2D eigenvalue weighted by Gasteiger charge is 2.48. The number of ether oxygens (including phenoxy) is 4. The fourth-order valence-electron chi connectivity index (χ4n) is 5.79. The summed E-state index contributed by atoms with van der Waals surface area (Å²) in [7, 11) is 3.16. The van der Waals surface area contributed by atoms with Crippen molar-refractivity contribution in [3.63, 3.8) is 0 Å². The van der Waals surface area contributed by atoms with Gasteiger partial charge in [0.05, 0.1) is 27.2 Å². The molecule has 1 aliphatic rings. The van der Waals surface area contributed by atoms with E-state index in [-0.39, 0.29) is 35.5 Å². The van der Waals surface area contributed by atoms with Crippen LogP contribution in [0.15, 0.2) is 90.0 Å². The Bertz CT molecular complexity index is 1880. The number of hydrogen-bond acceptors (Lipinski definition) is 9. The van der Waals surface area contributed by atoms with Gasteiger partial charge < -0.3 is 24.1 Å². The average Bonchev–Trinajstić information content (AvgIpc) is 3.66. The molecule has 250 valence electrons. The van der Waals surface area contributed by atoms with E-state index in [2.05, 4.69) is 20.3 Å². The van der Waals surface area contributed by atoms with Gasteiger partial charge in [-0.05, 0) is 41.0 Å². The molecule has 1 saturated heterocycles. The number of hydrogen-bond donors (Lipinski definition) is 3. The molecular weight excluding hydrogens is 621 g/mol. The van der Waals surface area contributed by atoms with Gasteiger partial charge in [0.2, 0.25) is 11.9 Å². The smallest absolute Gasteiger partial charge is 0.280 e. The second kappa shape index (κ2) is 13.6. The number of alkyl halides is 1. The van der Waals surface area contributed by atoms with Crippen LogP contribution in [0.1, 0.15) is 36.8 Å². The number of fused-ring (bicyclic) bond motifs is 1. The average molecular weight is 658 g/mol. The summed E-state index contributed by atoms with van der Waals surface area (Å²) in [6, 6.07) is 24.3. The number of carbonyl (C=O) groups excluding carboxylic acids is 1. The third-order valence-corrected chi connectivity index (χ3v) is 8.40. The minimum atomic E-state index is -1.88. The normalized spacial score (nSPS) is 19.5. The number of halogens is 1. The zero-order valence-corrected chi connectivity index (χ0v) is 26.8. The summed E-state index contributed by atoms with van der Waals surface area (Å²) < 4.78 is 40.9. The van der Waals surface area contributed by atoms with Gasteiger partial charge >= 0.3 is 0 Å². The number of carbonyl (C=O) groups is 1. The maximum absolute atomic E-state index is 16.0. The number of imidazole rings is 1. The zero-order chi connectivity index (χ0) is 34.0. The summed E-state index contributed by atoms with van der Waals surface area (Å²) in [5.41, 5.74) is 0.331. The lowest BCUT2D eigenvalue weighted by molar-refractivity contribution is -0.118. The van der Waals surface area contributed by atoms with Gasteiger partial charge in [-0.1, -0.05) is 68.4 Å². The number of methoxy groups -OCH3 is 2. The first-order valence-electron chi connectivity index (χ1n) is 15.4. The maximum Gasteiger partial charge on any atom is 0.280 e. The van der Waals surface area contributed by atoms with E-state index in [1.807, 2.05) is 78.9 Å².